The van der Waals surface area contributed by atoms with Crippen LogP contribution in [0.3, 0.4) is 0 Å². The summed E-state index contributed by atoms with van der Waals surface area (Å²) in [5, 5.41) is 8.45. The van der Waals surface area contributed by atoms with Gasteiger partial charge >= 0.3 is 6.09 Å². The van der Waals surface area contributed by atoms with Crippen LogP contribution in [0.5, 0.6) is 0 Å². The highest BCUT2D eigenvalue weighted by Gasteiger charge is 2.16. The molecule has 0 aromatic heterocycles. The number of hydrogen-bond donors (Lipinski definition) is 1. The largest absolute Gasteiger partial charge is 0.444 e. The Hall–Kier alpha value is -2.04. The predicted octanol–water partition coefficient (Wildman–Crippen LogP) is 1.31. The van der Waals surface area contributed by atoms with Crippen molar-refractivity contribution >= 4 is 17.5 Å². The first-order valence-corrected chi connectivity index (χ1v) is 5.75. The van der Waals surface area contributed by atoms with Gasteiger partial charge in [0, 0.05) is 10.9 Å². The number of nitrogens with zero attached hydrogens (tertiary/aromatic N) is 2. The molecule has 5 nitrogen and oxygen atoms in total. The van der Waals surface area contributed by atoms with Crippen molar-refractivity contribution in [1.29, 1.82) is 0 Å². The molecule has 1 aliphatic heterocycles. The Morgan fingerprint density at radius 2 is 2.06 bits per heavy atom. The molecule has 0 aliphatic carbocycles. The summed E-state index contributed by atoms with van der Waals surface area (Å²) in [6.07, 6.45) is -0.466. The minimum absolute atomic E-state index is 0.466. The van der Waals surface area contributed by atoms with Gasteiger partial charge in [0.25, 0.3) is 0 Å². The van der Waals surface area contributed by atoms with Crippen LogP contribution >= 0.6 is 0 Å². The maximum absolute atomic E-state index is 11.6. The minimum atomic E-state index is -0.506. The lowest BCUT2D eigenvalue weighted by Crippen LogP contribution is -2.28. The summed E-state index contributed by atoms with van der Waals surface area (Å²) >= 11 is 0. The standard InChI is InChI=1S/C13H16N3O2/c1-8-10-7-9(5-6-11(10)16-15-8)14-12(17)18-13(2,3)4/h5-7H,1-4H3,(H,14,17). The summed E-state index contributed by atoms with van der Waals surface area (Å²) < 4.78 is 5.18. The van der Waals surface area contributed by atoms with E-state index >= 15 is 0 Å². The third-order valence-electron chi connectivity index (χ3n) is 2.34. The Morgan fingerprint density at radius 3 is 2.72 bits per heavy atom. The lowest BCUT2D eigenvalue weighted by Gasteiger charge is -2.19. The molecule has 0 spiro atoms. The van der Waals surface area contributed by atoms with Gasteiger partial charge in [-0.25, -0.2) is 4.79 Å². The van der Waals surface area contributed by atoms with Gasteiger partial charge in [0.15, 0.2) is 0 Å². The van der Waals surface area contributed by atoms with Crippen molar-refractivity contribution in [2.45, 2.75) is 33.3 Å². The molecule has 5 heteroatoms. The van der Waals surface area contributed by atoms with E-state index in [-0.39, 0.29) is 0 Å². The van der Waals surface area contributed by atoms with Crippen molar-refractivity contribution in [3.05, 3.63) is 28.8 Å². The van der Waals surface area contributed by atoms with Crippen LogP contribution in [0.1, 0.15) is 27.7 Å². The van der Waals surface area contributed by atoms with Gasteiger partial charge in [0.05, 0.1) is 11.1 Å². The van der Waals surface area contributed by atoms with Gasteiger partial charge in [0.1, 0.15) is 5.60 Å². The number of ether oxygens (including phenoxy) is 1. The fourth-order valence-electron chi connectivity index (χ4n) is 1.59. The number of anilines is 1. The second kappa shape index (κ2) is 4.33. The summed E-state index contributed by atoms with van der Waals surface area (Å²) in [5.74, 6) is 0. The van der Waals surface area contributed by atoms with Crippen molar-refractivity contribution in [1.82, 2.24) is 5.43 Å². The summed E-state index contributed by atoms with van der Waals surface area (Å²) in [4.78, 5) is 11.6. The highest BCUT2D eigenvalue weighted by molar-refractivity contribution is 5.84. The van der Waals surface area contributed by atoms with Gasteiger partial charge in [-0.1, -0.05) is 0 Å². The van der Waals surface area contributed by atoms with Gasteiger partial charge in [-0.05, 0) is 45.9 Å². The van der Waals surface area contributed by atoms with Crippen LogP contribution in [-0.4, -0.2) is 11.7 Å². The Kier molecular flexibility index (Phi) is 2.98. The van der Waals surface area contributed by atoms with E-state index in [4.69, 9.17) is 4.74 Å². The van der Waals surface area contributed by atoms with E-state index in [1.54, 1.807) is 6.07 Å². The topological polar surface area (TPSA) is 64.8 Å². The average Bonchev–Trinajstić information content (AvgIpc) is 2.57. The Labute approximate surface area is 106 Å². The fourth-order valence-corrected chi connectivity index (χ4v) is 1.59. The highest BCUT2D eigenvalue weighted by Crippen LogP contribution is 2.10. The lowest BCUT2D eigenvalue weighted by molar-refractivity contribution is 0.0636. The monoisotopic (exact) mass is 246 g/mol. The first-order valence-electron chi connectivity index (χ1n) is 5.75. The SMILES string of the molecule is CC1=c2cc(NC(=O)OC(C)(C)C)ccc2=N[N]1. The van der Waals surface area contributed by atoms with Crippen LogP contribution in [0.25, 0.3) is 5.70 Å². The number of fused-ring (bicyclic) bond motifs is 1. The zero-order valence-electron chi connectivity index (χ0n) is 10.9. The molecular formula is C13H16N3O2. The van der Waals surface area contributed by atoms with E-state index in [0.29, 0.717) is 5.69 Å². The number of carbonyl (C=O) groups excluding carboxylic acids is 1. The molecular weight excluding hydrogens is 230 g/mol. The third kappa shape index (κ3) is 2.80. The second-order valence-corrected chi connectivity index (χ2v) is 5.14. The zero-order valence-corrected chi connectivity index (χ0v) is 10.9. The van der Waals surface area contributed by atoms with E-state index in [1.807, 2.05) is 39.8 Å². The average molecular weight is 246 g/mol. The zero-order chi connectivity index (χ0) is 13.3. The molecule has 1 aliphatic rings. The van der Waals surface area contributed by atoms with Crippen molar-refractivity contribution in [3.63, 3.8) is 0 Å². The number of benzene rings is 1. The fraction of sp³-hybridized carbons (Fsp3) is 0.385. The van der Waals surface area contributed by atoms with E-state index < -0.39 is 11.7 Å². The summed E-state index contributed by atoms with van der Waals surface area (Å²) in [6, 6.07) is 5.44. The van der Waals surface area contributed by atoms with Crippen LogP contribution in [0.15, 0.2) is 23.3 Å². The summed E-state index contributed by atoms with van der Waals surface area (Å²) in [5.41, 5.74) is 5.00. The molecule has 1 radical (unpaired) electrons. The van der Waals surface area contributed by atoms with Crippen LogP contribution < -0.4 is 21.3 Å². The Balaban J connectivity index is 2.18. The summed E-state index contributed by atoms with van der Waals surface area (Å²) in [6.45, 7) is 7.35. The Bertz CT molecular complexity index is 600. The predicted molar refractivity (Wildman–Crippen MR) is 68.3 cm³/mol. The van der Waals surface area contributed by atoms with Gasteiger partial charge in [-0.2, -0.15) is 10.5 Å². The van der Waals surface area contributed by atoms with Crippen LogP contribution in [0.4, 0.5) is 10.5 Å². The number of nitrogens with one attached hydrogen (secondary N) is 1. The van der Waals surface area contributed by atoms with Crippen LogP contribution in [-0.2, 0) is 4.74 Å². The van der Waals surface area contributed by atoms with Gasteiger partial charge in [0.2, 0.25) is 0 Å². The molecule has 1 aromatic rings. The quantitative estimate of drug-likeness (QED) is 0.812. The molecule has 0 atom stereocenters. The van der Waals surface area contributed by atoms with Crippen molar-refractivity contribution in [3.8, 4) is 0 Å². The van der Waals surface area contributed by atoms with E-state index in [0.717, 1.165) is 16.3 Å². The number of rotatable bonds is 1. The molecule has 0 bridgehead atoms. The minimum Gasteiger partial charge on any atom is -0.444 e. The molecule has 95 valence electrons. The van der Waals surface area contributed by atoms with Crippen molar-refractivity contribution < 1.29 is 9.53 Å². The van der Waals surface area contributed by atoms with Crippen LogP contribution in [0, 0.1) is 0 Å². The normalized spacial score (nSPS) is 13.4. The number of hydrogen-bond acceptors (Lipinski definition) is 3. The molecule has 2 rings (SSSR count). The molecule has 0 unspecified atom stereocenters. The van der Waals surface area contributed by atoms with Crippen LogP contribution in [0.2, 0.25) is 0 Å². The van der Waals surface area contributed by atoms with Crippen molar-refractivity contribution in [2.24, 2.45) is 5.10 Å². The van der Waals surface area contributed by atoms with Gasteiger partial charge in [-0.3, -0.25) is 5.32 Å². The lowest BCUT2D eigenvalue weighted by atomic mass is 10.2. The maximum Gasteiger partial charge on any atom is 0.412 e. The molecule has 0 fully saturated rings. The molecule has 18 heavy (non-hydrogen) atoms. The molecule has 1 heterocycles. The first-order chi connectivity index (χ1) is 8.35. The number of carbonyl (C=O) groups is 1. The molecule has 1 amide bonds. The molecule has 0 saturated carbocycles. The third-order valence-corrected chi connectivity index (χ3v) is 2.34. The van der Waals surface area contributed by atoms with Gasteiger partial charge in [-0.15, -0.1) is 0 Å². The van der Waals surface area contributed by atoms with E-state index in [1.165, 1.54) is 0 Å². The highest BCUT2D eigenvalue weighted by atomic mass is 16.6. The maximum atomic E-state index is 11.6. The first kappa shape index (κ1) is 12.4. The van der Waals surface area contributed by atoms with E-state index in [9.17, 15) is 4.79 Å². The number of amides is 1. The van der Waals surface area contributed by atoms with E-state index in [2.05, 4.69) is 15.8 Å². The smallest absolute Gasteiger partial charge is 0.412 e. The van der Waals surface area contributed by atoms with Crippen molar-refractivity contribution in [2.75, 3.05) is 5.32 Å². The second-order valence-electron chi connectivity index (χ2n) is 5.14. The Morgan fingerprint density at radius 1 is 1.33 bits per heavy atom. The summed E-state index contributed by atoms with van der Waals surface area (Å²) in [7, 11) is 0. The molecule has 1 aromatic carbocycles. The van der Waals surface area contributed by atoms with Gasteiger partial charge < -0.3 is 4.74 Å². The molecule has 1 N–H and O–H groups in total. The molecule has 0 saturated heterocycles.